The zero-order valence-corrected chi connectivity index (χ0v) is 11.9. The van der Waals surface area contributed by atoms with Crippen LogP contribution >= 0.6 is 0 Å². The van der Waals surface area contributed by atoms with Crippen molar-refractivity contribution >= 4 is 11.7 Å². The molecule has 0 unspecified atom stereocenters. The quantitative estimate of drug-likeness (QED) is 0.800. The lowest BCUT2D eigenvalue weighted by Gasteiger charge is -2.10. The Morgan fingerprint density at radius 3 is 2.91 bits per heavy atom. The number of rotatable bonds is 5. The van der Waals surface area contributed by atoms with Gasteiger partial charge in [-0.3, -0.25) is 0 Å². The Kier molecular flexibility index (Phi) is 4.66. The number of nitrogens with two attached hydrogens (primary N) is 1. The molecule has 0 bridgehead atoms. The van der Waals surface area contributed by atoms with E-state index >= 15 is 0 Å². The number of ether oxygens (including phenoxy) is 2. The molecule has 0 spiro atoms. The second-order valence-corrected chi connectivity index (χ2v) is 4.35. The Bertz CT molecular complexity index is 731. The van der Waals surface area contributed by atoms with Gasteiger partial charge in [0.05, 0.1) is 25.0 Å². The summed E-state index contributed by atoms with van der Waals surface area (Å²) < 4.78 is 11.5. The molecule has 7 nitrogen and oxygen atoms in total. The molecule has 0 aliphatic heterocycles. The highest BCUT2D eigenvalue weighted by Gasteiger charge is 2.21. The van der Waals surface area contributed by atoms with Crippen LogP contribution in [0.5, 0.6) is 5.75 Å². The van der Waals surface area contributed by atoms with Gasteiger partial charge in [-0.15, -0.1) is 0 Å². The van der Waals surface area contributed by atoms with Crippen molar-refractivity contribution in [2.45, 2.75) is 0 Å². The number of hydrogen-bond donors (Lipinski definition) is 2. The fraction of sp³-hybridized carbons (Fsp3) is 0.200. The van der Waals surface area contributed by atoms with Crippen LogP contribution in [0.1, 0.15) is 16.1 Å². The molecule has 0 atom stereocenters. The highest BCUT2D eigenvalue weighted by atomic mass is 16.5. The Morgan fingerprint density at radius 1 is 1.50 bits per heavy atom. The highest BCUT2D eigenvalue weighted by molar-refractivity contribution is 5.95. The van der Waals surface area contributed by atoms with Crippen molar-refractivity contribution in [2.24, 2.45) is 0 Å². The summed E-state index contributed by atoms with van der Waals surface area (Å²) >= 11 is 0. The Balaban J connectivity index is 2.52. The first-order chi connectivity index (χ1) is 10.6. The average molecular weight is 301 g/mol. The van der Waals surface area contributed by atoms with Crippen LogP contribution < -0.4 is 10.5 Å². The van der Waals surface area contributed by atoms with Gasteiger partial charge in [-0.2, -0.15) is 5.26 Å². The number of methoxy groups -OCH3 is 1. The summed E-state index contributed by atoms with van der Waals surface area (Å²) in [5.74, 6) is -0.117. The Labute approximate surface area is 127 Å². The maximum Gasteiger partial charge on any atom is 0.357 e. The summed E-state index contributed by atoms with van der Waals surface area (Å²) in [5, 5.41) is 17.9. The summed E-state index contributed by atoms with van der Waals surface area (Å²) in [6, 6.07) is 8.78. The van der Waals surface area contributed by atoms with Crippen LogP contribution in [0.25, 0.3) is 5.69 Å². The molecule has 1 aromatic heterocycles. The van der Waals surface area contributed by atoms with Crippen LogP contribution in [0.15, 0.2) is 30.5 Å². The molecule has 0 aliphatic carbocycles. The van der Waals surface area contributed by atoms with Gasteiger partial charge in [-0.25, -0.2) is 4.79 Å². The topological polar surface area (TPSA) is 110 Å². The largest absolute Gasteiger partial charge is 0.491 e. The molecule has 1 heterocycles. The number of anilines is 1. The number of carbonyl (C=O) groups is 1. The number of aliphatic hydroxyl groups is 1. The minimum atomic E-state index is -0.638. The van der Waals surface area contributed by atoms with Crippen LogP contribution in [-0.2, 0) is 4.74 Å². The van der Waals surface area contributed by atoms with E-state index in [1.807, 2.05) is 6.07 Å². The molecule has 3 N–H and O–H groups in total. The smallest absolute Gasteiger partial charge is 0.357 e. The number of carbonyl (C=O) groups excluding carboxylic acids is 1. The fourth-order valence-corrected chi connectivity index (χ4v) is 2.00. The zero-order valence-electron chi connectivity index (χ0n) is 11.9. The van der Waals surface area contributed by atoms with Crippen molar-refractivity contribution in [3.63, 3.8) is 0 Å². The van der Waals surface area contributed by atoms with Crippen LogP contribution in [0, 0.1) is 11.3 Å². The summed E-state index contributed by atoms with van der Waals surface area (Å²) in [5.41, 5.74) is 6.76. The number of aliphatic hydroxyl groups excluding tert-OH is 1. The molecular formula is C15H15N3O4. The highest BCUT2D eigenvalue weighted by Crippen LogP contribution is 2.26. The standard InChI is InChI=1S/C15H15N3O4/c1-21-15(20)14-13(17)10(8-16)9-18(14)11-3-2-4-12(7-11)22-6-5-19/h2-4,7,9,19H,5-6,17H2,1H3. The molecule has 2 aromatic rings. The van der Waals surface area contributed by atoms with E-state index in [1.165, 1.54) is 17.9 Å². The third-order valence-electron chi connectivity index (χ3n) is 3.00. The first-order valence-corrected chi connectivity index (χ1v) is 6.45. The number of benzene rings is 1. The van der Waals surface area contributed by atoms with Gasteiger partial charge in [0.15, 0.2) is 5.69 Å². The molecular weight excluding hydrogens is 286 g/mol. The summed E-state index contributed by atoms with van der Waals surface area (Å²) in [4.78, 5) is 11.9. The lowest BCUT2D eigenvalue weighted by molar-refractivity contribution is 0.0593. The van der Waals surface area contributed by atoms with Gasteiger partial charge in [-0.05, 0) is 12.1 Å². The molecule has 0 saturated carbocycles. The van der Waals surface area contributed by atoms with E-state index in [1.54, 1.807) is 24.3 Å². The van der Waals surface area contributed by atoms with Crippen LogP contribution in [0.3, 0.4) is 0 Å². The molecule has 0 aliphatic rings. The van der Waals surface area contributed by atoms with Crippen molar-refractivity contribution in [3.8, 4) is 17.5 Å². The predicted octanol–water partition coefficient (Wildman–Crippen LogP) is 1.09. The van der Waals surface area contributed by atoms with Gasteiger partial charge in [0.2, 0.25) is 0 Å². The third kappa shape index (κ3) is 2.87. The number of nitrogens with zero attached hydrogens (tertiary/aromatic N) is 2. The third-order valence-corrected chi connectivity index (χ3v) is 3.00. The van der Waals surface area contributed by atoms with Crippen LogP contribution in [0.2, 0.25) is 0 Å². The maximum absolute atomic E-state index is 11.9. The molecule has 0 fully saturated rings. The predicted molar refractivity (Wildman–Crippen MR) is 78.8 cm³/mol. The van der Waals surface area contributed by atoms with E-state index in [-0.39, 0.29) is 30.2 Å². The van der Waals surface area contributed by atoms with E-state index in [4.69, 9.17) is 25.6 Å². The lowest BCUT2D eigenvalue weighted by Crippen LogP contribution is -2.11. The second-order valence-electron chi connectivity index (χ2n) is 4.35. The molecule has 0 radical (unpaired) electrons. The normalized spacial score (nSPS) is 10.0. The second kappa shape index (κ2) is 6.65. The minimum Gasteiger partial charge on any atom is -0.491 e. The summed E-state index contributed by atoms with van der Waals surface area (Å²) in [6.07, 6.45) is 1.47. The summed E-state index contributed by atoms with van der Waals surface area (Å²) in [6.45, 7) is 0.0528. The van der Waals surface area contributed by atoms with Gasteiger partial charge in [0.1, 0.15) is 18.4 Å². The maximum atomic E-state index is 11.9. The van der Waals surface area contributed by atoms with E-state index in [0.717, 1.165) is 0 Å². The molecule has 2 rings (SSSR count). The van der Waals surface area contributed by atoms with Gasteiger partial charge in [0, 0.05) is 18.0 Å². The number of hydrogen-bond acceptors (Lipinski definition) is 6. The minimum absolute atomic E-state index is 0.0658. The Hall–Kier alpha value is -2.98. The van der Waals surface area contributed by atoms with Gasteiger partial charge < -0.3 is 24.9 Å². The molecule has 114 valence electrons. The van der Waals surface area contributed by atoms with E-state index in [0.29, 0.717) is 11.4 Å². The van der Waals surface area contributed by atoms with E-state index in [9.17, 15) is 4.79 Å². The molecule has 7 heteroatoms. The fourth-order valence-electron chi connectivity index (χ4n) is 2.00. The number of esters is 1. The number of aromatic nitrogens is 1. The van der Waals surface area contributed by atoms with E-state index in [2.05, 4.69) is 0 Å². The van der Waals surface area contributed by atoms with Crippen LogP contribution in [0.4, 0.5) is 5.69 Å². The Morgan fingerprint density at radius 2 is 2.27 bits per heavy atom. The molecule has 22 heavy (non-hydrogen) atoms. The van der Waals surface area contributed by atoms with Crippen molar-refractivity contribution in [2.75, 3.05) is 26.1 Å². The monoisotopic (exact) mass is 301 g/mol. The molecule has 1 aromatic carbocycles. The van der Waals surface area contributed by atoms with Crippen molar-refractivity contribution < 1.29 is 19.4 Å². The van der Waals surface area contributed by atoms with Gasteiger partial charge in [-0.1, -0.05) is 6.07 Å². The average Bonchev–Trinajstić information content (AvgIpc) is 2.89. The zero-order chi connectivity index (χ0) is 16.1. The lowest BCUT2D eigenvalue weighted by atomic mass is 10.2. The molecule has 0 amide bonds. The SMILES string of the molecule is COC(=O)c1c(N)c(C#N)cn1-c1cccc(OCCO)c1. The van der Waals surface area contributed by atoms with Crippen molar-refractivity contribution in [1.82, 2.24) is 4.57 Å². The summed E-state index contributed by atoms with van der Waals surface area (Å²) in [7, 11) is 1.24. The van der Waals surface area contributed by atoms with Gasteiger partial charge in [0.25, 0.3) is 0 Å². The van der Waals surface area contributed by atoms with Crippen LogP contribution in [-0.4, -0.2) is 36.0 Å². The van der Waals surface area contributed by atoms with E-state index < -0.39 is 5.97 Å². The number of nitrogen functional groups attached to an aromatic ring is 1. The van der Waals surface area contributed by atoms with Crippen molar-refractivity contribution in [3.05, 3.63) is 41.7 Å². The first-order valence-electron chi connectivity index (χ1n) is 6.45. The number of nitriles is 1. The first kappa shape index (κ1) is 15.4. The molecule has 0 saturated heterocycles. The van der Waals surface area contributed by atoms with Gasteiger partial charge >= 0.3 is 5.97 Å². The van der Waals surface area contributed by atoms with Crippen molar-refractivity contribution in [1.29, 1.82) is 5.26 Å².